The maximum Gasteiger partial charge on any atom is 0.573 e. The summed E-state index contributed by atoms with van der Waals surface area (Å²) in [6.07, 6.45) is 0.209. The molecule has 1 fully saturated rings. The fraction of sp³-hybridized carbons (Fsp3) is 0.381. The van der Waals surface area contributed by atoms with Crippen LogP contribution < -0.4 is 15.0 Å². The summed E-state index contributed by atoms with van der Waals surface area (Å²) in [5, 5.41) is 6.87. The minimum atomic E-state index is -5.02. The lowest BCUT2D eigenvalue weighted by atomic mass is 10.1. The zero-order chi connectivity index (χ0) is 23.6. The van der Waals surface area contributed by atoms with Crippen LogP contribution in [0, 0.1) is 5.82 Å². The van der Waals surface area contributed by atoms with Crippen LogP contribution in [0.2, 0.25) is 0 Å². The third-order valence-corrected chi connectivity index (χ3v) is 5.25. The molecule has 33 heavy (non-hydrogen) atoms. The summed E-state index contributed by atoms with van der Waals surface area (Å²) in [5.41, 5.74) is 0.766. The Morgan fingerprint density at radius 3 is 2.67 bits per heavy atom. The second kappa shape index (κ2) is 9.22. The molecule has 0 saturated carbocycles. The predicted octanol–water partition coefficient (Wildman–Crippen LogP) is 3.48. The molecule has 3 aromatic rings. The number of halogens is 4. The number of ether oxygens (including phenoxy) is 2. The van der Waals surface area contributed by atoms with Gasteiger partial charge in [-0.25, -0.2) is 13.9 Å². The van der Waals surface area contributed by atoms with Crippen molar-refractivity contribution < 1.29 is 31.8 Å². The SMILES string of the molecule is COCC(NC(=O)c1cnn2ccc(N3CCCC3)nc12)c1ccc(OC(F)(F)F)c(F)c1. The molecule has 1 aliphatic heterocycles. The third kappa shape index (κ3) is 5.16. The monoisotopic (exact) mass is 467 g/mol. The van der Waals surface area contributed by atoms with Crippen LogP contribution in [0.5, 0.6) is 5.75 Å². The Morgan fingerprint density at radius 1 is 1.24 bits per heavy atom. The molecule has 1 N–H and O–H groups in total. The van der Waals surface area contributed by atoms with Gasteiger partial charge in [0.1, 0.15) is 11.4 Å². The number of nitrogens with zero attached hydrogens (tertiary/aromatic N) is 4. The number of anilines is 1. The molecular weight excluding hydrogens is 446 g/mol. The maximum atomic E-state index is 14.2. The van der Waals surface area contributed by atoms with E-state index in [2.05, 4.69) is 25.0 Å². The lowest BCUT2D eigenvalue weighted by Crippen LogP contribution is -2.31. The number of carbonyl (C=O) groups excluding carboxylic acids is 1. The van der Waals surface area contributed by atoms with Crippen molar-refractivity contribution in [3.8, 4) is 5.75 Å². The molecule has 1 aromatic carbocycles. The van der Waals surface area contributed by atoms with Crippen LogP contribution in [0.25, 0.3) is 5.65 Å². The van der Waals surface area contributed by atoms with E-state index in [1.807, 2.05) is 6.07 Å². The molecule has 1 unspecified atom stereocenters. The Labute approximate surface area is 186 Å². The number of alkyl halides is 3. The Kier molecular flexibility index (Phi) is 6.36. The number of aromatic nitrogens is 3. The van der Waals surface area contributed by atoms with Crippen molar-refractivity contribution in [2.24, 2.45) is 0 Å². The summed E-state index contributed by atoms with van der Waals surface area (Å²) in [6.45, 7) is 1.72. The van der Waals surface area contributed by atoms with Crippen LogP contribution in [0.4, 0.5) is 23.4 Å². The van der Waals surface area contributed by atoms with Crippen molar-refractivity contribution in [1.82, 2.24) is 19.9 Å². The minimum Gasteiger partial charge on any atom is -0.403 e. The van der Waals surface area contributed by atoms with Gasteiger partial charge in [0.05, 0.1) is 18.8 Å². The minimum absolute atomic E-state index is 0.0453. The van der Waals surface area contributed by atoms with Crippen LogP contribution in [-0.4, -0.2) is 53.7 Å². The van der Waals surface area contributed by atoms with Gasteiger partial charge in [0.25, 0.3) is 5.91 Å². The first-order chi connectivity index (χ1) is 15.7. The zero-order valence-corrected chi connectivity index (χ0v) is 17.6. The molecule has 1 saturated heterocycles. The lowest BCUT2D eigenvalue weighted by molar-refractivity contribution is -0.275. The van der Waals surface area contributed by atoms with Crippen molar-refractivity contribution in [2.45, 2.75) is 25.2 Å². The fourth-order valence-electron chi connectivity index (χ4n) is 3.71. The van der Waals surface area contributed by atoms with Gasteiger partial charge in [-0.05, 0) is 36.6 Å². The highest BCUT2D eigenvalue weighted by Gasteiger charge is 2.32. The molecule has 1 atom stereocenters. The van der Waals surface area contributed by atoms with E-state index >= 15 is 0 Å². The van der Waals surface area contributed by atoms with E-state index in [0.717, 1.165) is 43.9 Å². The number of fused-ring (bicyclic) bond motifs is 1. The Bertz CT molecular complexity index is 1140. The molecule has 0 aliphatic carbocycles. The largest absolute Gasteiger partial charge is 0.573 e. The van der Waals surface area contributed by atoms with Crippen LogP contribution in [-0.2, 0) is 4.74 Å². The van der Waals surface area contributed by atoms with Crippen LogP contribution in [0.1, 0.15) is 34.8 Å². The van der Waals surface area contributed by atoms with E-state index in [1.54, 1.807) is 6.20 Å². The number of rotatable bonds is 7. The van der Waals surface area contributed by atoms with E-state index < -0.39 is 29.9 Å². The van der Waals surface area contributed by atoms with Gasteiger partial charge in [-0.15, -0.1) is 13.2 Å². The number of nitrogens with one attached hydrogen (secondary N) is 1. The highest BCUT2D eigenvalue weighted by molar-refractivity contribution is 6.00. The summed E-state index contributed by atoms with van der Waals surface area (Å²) in [5.74, 6) is -1.97. The van der Waals surface area contributed by atoms with Gasteiger partial charge in [0, 0.05) is 26.4 Å². The van der Waals surface area contributed by atoms with Gasteiger partial charge in [0.2, 0.25) is 0 Å². The maximum absolute atomic E-state index is 14.2. The molecule has 3 heterocycles. The Hall–Kier alpha value is -3.41. The average Bonchev–Trinajstić information content (AvgIpc) is 3.43. The van der Waals surface area contributed by atoms with Gasteiger partial charge in [-0.2, -0.15) is 5.10 Å². The highest BCUT2D eigenvalue weighted by atomic mass is 19.4. The first kappa shape index (κ1) is 22.8. The number of hydrogen-bond acceptors (Lipinski definition) is 6. The Morgan fingerprint density at radius 2 is 2.00 bits per heavy atom. The second-order valence-corrected chi connectivity index (χ2v) is 7.53. The number of methoxy groups -OCH3 is 1. The fourth-order valence-corrected chi connectivity index (χ4v) is 3.71. The van der Waals surface area contributed by atoms with Gasteiger partial charge in [-0.3, -0.25) is 4.79 Å². The molecule has 8 nitrogen and oxygen atoms in total. The Balaban J connectivity index is 1.57. The van der Waals surface area contributed by atoms with Crippen LogP contribution in [0.3, 0.4) is 0 Å². The van der Waals surface area contributed by atoms with Crippen molar-refractivity contribution in [1.29, 1.82) is 0 Å². The van der Waals surface area contributed by atoms with E-state index in [-0.39, 0.29) is 17.7 Å². The van der Waals surface area contributed by atoms with Crippen LogP contribution in [0.15, 0.2) is 36.7 Å². The van der Waals surface area contributed by atoms with Gasteiger partial charge in [-0.1, -0.05) is 6.07 Å². The van der Waals surface area contributed by atoms with Gasteiger partial charge >= 0.3 is 6.36 Å². The highest BCUT2D eigenvalue weighted by Crippen LogP contribution is 2.28. The summed E-state index contributed by atoms with van der Waals surface area (Å²) >= 11 is 0. The summed E-state index contributed by atoms with van der Waals surface area (Å²) < 4.78 is 61.6. The third-order valence-electron chi connectivity index (χ3n) is 5.25. The molecule has 12 heteroatoms. The van der Waals surface area contributed by atoms with Gasteiger partial charge in [0.15, 0.2) is 17.2 Å². The standard InChI is InChI=1S/C21H21F4N5O3/c1-32-12-16(13-4-5-17(15(22)10-13)33-21(23,24)25)27-20(31)14-11-26-30-9-6-18(28-19(14)30)29-7-2-3-8-29/h4-6,9-11,16H,2-3,7-8,12H2,1H3,(H,27,31). The van der Waals surface area contributed by atoms with E-state index in [4.69, 9.17) is 4.74 Å². The first-order valence-electron chi connectivity index (χ1n) is 10.2. The number of benzene rings is 1. The molecule has 2 aromatic heterocycles. The molecule has 176 valence electrons. The molecule has 1 aliphatic rings. The van der Waals surface area contributed by atoms with E-state index in [0.29, 0.717) is 5.65 Å². The normalized spacial score (nSPS) is 15.1. The summed E-state index contributed by atoms with van der Waals surface area (Å²) in [6, 6.07) is 3.94. The summed E-state index contributed by atoms with van der Waals surface area (Å²) in [7, 11) is 1.38. The van der Waals surface area contributed by atoms with Crippen molar-refractivity contribution >= 4 is 17.4 Å². The average molecular weight is 467 g/mol. The number of amides is 1. The molecule has 0 spiro atoms. The quantitative estimate of drug-likeness (QED) is 0.536. The zero-order valence-electron chi connectivity index (χ0n) is 17.6. The molecular formula is C21H21F4N5O3. The molecule has 0 bridgehead atoms. The molecule has 0 radical (unpaired) electrons. The summed E-state index contributed by atoms with van der Waals surface area (Å²) in [4.78, 5) is 19.7. The van der Waals surface area contributed by atoms with Gasteiger partial charge < -0.3 is 19.7 Å². The van der Waals surface area contributed by atoms with Crippen LogP contribution >= 0.6 is 0 Å². The topological polar surface area (TPSA) is 81.0 Å². The number of hydrogen-bond donors (Lipinski definition) is 1. The van der Waals surface area contributed by atoms with Crippen molar-refractivity contribution in [3.63, 3.8) is 0 Å². The first-order valence-corrected chi connectivity index (χ1v) is 10.2. The second-order valence-electron chi connectivity index (χ2n) is 7.53. The smallest absolute Gasteiger partial charge is 0.403 e. The molecule has 4 rings (SSSR count). The number of carbonyl (C=O) groups is 1. The van der Waals surface area contributed by atoms with E-state index in [9.17, 15) is 22.4 Å². The van der Waals surface area contributed by atoms with E-state index in [1.165, 1.54) is 23.9 Å². The lowest BCUT2D eigenvalue weighted by Gasteiger charge is -2.19. The molecule has 1 amide bonds. The van der Waals surface area contributed by atoms with Crippen molar-refractivity contribution in [2.75, 3.05) is 31.7 Å². The van der Waals surface area contributed by atoms with Crippen molar-refractivity contribution in [3.05, 3.63) is 53.6 Å². The predicted molar refractivity (Wildman–Crippen MR) is 110 cm³/mol.